The molecule has 5 heteroatoms. The highest BCUT2D eigenvalue weighted by Crippen LogP contribution is 2.25. The zero-order valence-corrected chi connectivity index (χ0v) is 12.0. The van der Waals surface area contributed by atoms with Crippen molar-refractivity contribution in [3.63, 3.8) is 0 Å². The van der Waals surface area contributed by atoms with Gasteiger partial charge >= 0.3 is 0 Å². The molecule has 0 radical (unpaired) electrons. The lowest BCUT2D eigenvalue weighted by Gasteiger charge is -2.38. The van der Waals surface area contributed by atoms with Gasteiger partial charge in [0.05, 0.1) is 16.8 Å². The van der Waals surface area contributed by atoms with Crippen LogP contribution in [-0.2, 0) is 6.54 Å². The van der Waals surface area contributed by atoms with Crippen LogP contribution < -0.4 is 5.32 Å². The molecule has 3 nitrogen and oxygen atoms in total. The Morgan fingerprint density at radius 3 is 3.16 bits per heavy atom. The number of nitrogens with zero attached hydrogens (tertiary/aromatic N) is 2. The van der Waals surface area contributed by atoms with Gasteiger partial charge in [0.2, 0.25) is 0 Å². The van der Waals surface area contributed by atoms with Crippen LogP contribution in [0, 0.1) is 5.82 Å². The fourth-order valence-electron chi connectivity index (χ4n) is 2.54. The molecule has 0 spiro atoms. The molecular formula is C14H18FN3S. The summed E-state index contributed by atoms with van der Waals surface area (Å²) in [4.78, 5) is 7.04. The second-order valence-electron chi connectivity index (χ2n) is 5.17. The van der Waals surface area contributed by atoms with Crippen molar-refractivity contribution in [2.24, 2.45) is 0 Å². The zero-order chi connectivity index (χ0) is 13.4. The van der Waals surface area contributed by atoms with E-state index in [4.69, 9.17) is 0 Å². The van der Waals surface area contributed by atoms with Gasteiger partial charge in [0.25, 0.3) is 0 Å². The van der Waals surface area contributed by atoms with Gasteiger partial charge in [-0.05, 0) is 32.0 Å². The molecule has 1 aliphatic rings. The molecule has 3 rings (SSSR count). The van der Waals surface area contributed by atoms with E-state index in [0.29, 0.717) is 12.1 Å². The second-order valence-corrected chi connectivity index (χ2v) is 6.29. The van der Waals surface area contributed by atoms with Crippen LogP contribution in [0.15, 0.2) is 18.2 Å². The summed E-state index contributed by atoms with van der Waals surface area (Å²) in [6.45, 7) is 7.36. The highest BCUT2D eigenvalue weighted by Gasteiger charge is 2.24. The molecule has 1 aromatic heterocycles. The van der Waals surface area contributed by atoms with E-state index in [1.807, 2.05) is 0 Å². The first-order valence-electron chi connectivity index (χ1n) is 6.66. The molecular weight excluding hydrogens is 261 g/mol. The minimum atomic E-state index is -0.188. The van der Waals surface area contributed by atoms with E-state index in [1.165, 1.54) is 6.07 Å². The van der Waals surface area contributed by atoms with E-state index in [2.05, 4.69) is 29.0 Å². The van der Waals surface area contributed by atoms with Crippen LogP contribution in [0.25, 0.3) is 10.2 Å². The number of hydrogen-bond donors (Lipinski definition) is 1. The lowest BCUT2D eigenvalue weighted by Crippen LogP contribution is -2.54. The third-order valence-corrected chi connectivity index (χ3v) is 4.90. The molecule has 2 heterocycles. The first-order valence-corrected chi connectivity index (χ1v) is 7.47. The molecule has 0 bridgehead atoms. The number of piperazine rings is 1. The summed E-state index contributed by atoms with van der Waals surface area (Å²) in [5.41, 5.74) is 0.900. The minimum Gasteiger partial charge on any atom is -0.311 e. The van der Waals surface area contributed by atoms with Crippen molar-refractivity contribution in [3.05, 3.63) is 29.0 Å². The van der Waals surface area contributed by atoms with Crippen LogP contribution in [-0.4, -0.2) is 35.1 Å². The number of benzene rings is 1. The largest absolute Gasteiger partial charge is 0.311 e. The lowest BCUT2D eigenvalue weighted by molar-refractivity contribution is 0.131. The molecule has 2 atom stereocenters. The van der Waals surface area contributed by atoms with Gasteiger partial charge in [-0.3, -0.25) is 4.90 Å². The molecule has 2 aromatic rings. The Labute approximate surface area is 116 Å². The highest BCUT2D eigenvalue weighted by molar-refractivity contribution is 7.18. The number of rotatable bonds is 2. The van der Waals surface area contributed by atoms with Crippen molar-refractivity contribution in [1.82, 2.24) is 15.2 Å². The SMILES string of the molecule is CC1NCCN(Cc2nc3ccc(F)cc3s2)C1C. The number of halogens is 1. The zero-order valence-electron chi connectivity index (χ0n) is 11.2. The van der Waals surface area contributed by atoms with E-state index in [1.54, 1.807) is 23.5 Å². The second kappa shape index (κ2) is 5.15. The highest BCUT2D eigenvalue weighted by atomic mass is 32.1. The maximum Gasteiger partial charge on any atom is 0.124 e. The molecule has 102 valence electrons. The van der Waals surface area contributed by atoms with Crippen molar-refractivity contribution in [3.8, 4) is 0 Å². The Kier molecular flexibility index (Phi) is 3.52. The summed E-state index contributed by atoms with van der Waals surface area (Å²) in [7, 11) is 0. The van der Waals surface area contributed by atoms with E-state index >= 15 is 0 Å². The standard InChI is InChI=1S/C14H18FN3S/c1-9-10(2)18(6-5-16-9)8-14-17-12-4-3-11(15)7-13(12)19-14/h3-4,7,9-10,16H,5-6,8H2,1-2H3. The topological polar surface area (TPSA) is 28.2 Å². The summed E-state index contributed by atoms with van der Waals surface area (Å²) >= 11 is 1.60. The van der Waals surface area contributed by atoms with Crippen molar-refractivity contribution in [2.75, 3.05) is 13.1 Å². The van der Waals surface area contributed by atoms with Crippen LogP contribution in [0.4, 0.5) is 4.39 Å². The average molecular weight is 279 g/mol. The first kappa shape index (κ1) is 13.0. The maximum absolute atomic E-state index is 13.2. The van der Waals surface area contributed by atoms with E-state index in [-0.39, 0.29) is 5.82 Å². The van der Waals surface area contributed by atoms with Crippen molar-refractivity contribution in [1.29, 1.82) is 0 Å². The molecule has 0 amide bonds. The van der Waals surface area contributed by atoms with Crippen molar-refractivity contribution >= 4 is 21.6 Å². The molecule has 0 saturated carbocycles. The van der Waals surface area contributed by atoms with E-state index in [9.17, 15) is 4.39 Å². The van der Waals surface area contributed by atoms with Crippen LogP contribution >= 0.6 is 11.3 Å². The van der Waals surface area contributed by atoms with Crippen molar-refractivity contribution < 1.29 is 4.39 Å². The maximum atomic E-state index is 13.2. The van der Waals surface area contributed by atoms with E-state index in [0.717, 1.165) is 34.9 Å². The molecule has 1 N–H and O–H groups in total. The Bertz CT molecular complexity index is 583. The van der Waals surface area contributed by atoms with Gasteiger partial charge < -0.3 is 5.32 Å². The number of nitrogens with one attached hydrogen (secondary N) is 1. The molecule has 1 aromatic carbocycles. The normalized spacial score (nSPS) is 25.0. The van der Waals surface area contributed by atoms with Crippen LogP contribution in [0.1, 0.15) is 18.9 Å². The van der Waals surface area contributed by atoms with Gasteiger partial charge in [0.1, 0.15) is 10.8 Å². The van der Waals surface area contributed by atoms with Gasteiger partial charge in [-0.2, -0.15) is 0 Å². The summed E-state index contributed by atoms with van der Waals surface area (Å²) in [6, 6.07) is 5.80. The molecule has 1 saturated heterocycles. The Hall–Kier alpha value is -1.04. The number of fused-ring (bicyclic) bond motifs is 1. The number of hydrogen-bond acceptors (Lipinski definition) is 4. The van der Waals surface area contributed by atoms with Gasteiger partial charge in [0.15, 0.2) is 0 Å². The minimum absolute atomic E-state index is 0.188. The van der Waals surface area contributed by atoms with Crippen LogP contribution in [0.2, 0.25) is 0 Å². The predicted molar refractivity (Wildman–Crippen MR) is 76.9 cm³/mol. The van der Waals surface area contributed by atoms with Gasteiger partial charge in [-0.1, -0.05) is 0 Å². The third-order valence-electron chi connectivity index (χ3n) is 3.90. The first-order chi connectivity index (χ1) is 9.13. The molecule has 19 heavy (non-hydrogen) atoms. The predicted octanol–water partition coefficient (Wildman–Crippen LogP) is 2.62. The average Bonchev–Trinajstić information content (AvgIpc) is 2.76. The summed E-state index contributed by atoms with van der Waals surface area (Å²) in [6.07, 6.45) is 0. The van der Waals surface area contributed by atoms with Gasteiger partial charge in [-0.15, -0.1) is 11.3 Å². The molecule has 1 aliphatic heterocycles. The fourth-order valence-corrected chi connectivity index (χ4v) is 3.55. The number of aromatic nitrogens is 1. The monoisotopic (exact) mass is 279 g/mol. The third kappa shape index (κ3) is 2.63. The van der Waals surface area contributed by atoms with Crippen LogP contribution in [0.5, 0.6) is 0 Å². The summed E-state index contributed by atoms with van der Waals surface area (Å²) in [5, 5.41) is 4.54. The molecule has 0 aliphatic carbocycles. The van der Waals surface area contributed by atoms with Crippen molar-refractivity contribution in [2.45, 2.75) is 32.5 Å². The Morgan fingerprint density at radius 1 is 1.47 bits per heavy atom. The Morgan fingerprint density at radius 2 is 2.32 bits per heavy atom. The van der Waals surface area contributed by atoms with Crippen LogP contribution in [0.3, 0.4) is 0 Å². The van der Waals surface area contributed by atoms with Gasteiger partial charge in [0, 0.05) is 25.2 Å². The number of thiazole rings is 1. The van der Waals surface area contributed by atoms with Gasteiger partial charge in [-0.25, -0.2) is 9.37 Å². The fraction of sp³-hybridized carbons (Fsp3) is 0.500. The van der Waals surface area contributed by atoms with E-state index < -0.39 is 0 Å². The lowest BCUT2D eigenvalue weighted by atomic mass is 10.1. The summed E-state index contributed by atoms with van der Waals surface area (Å²) < 4.78 is 14.1. The molecule has 1 fully saturated rings. The summed E-state index contributed by atoms with van der Waals surface area (Å²) in [5.74, 6) is -0.188. The Balaban J connectivity index is 1.81. The quantitative estimate of drug-likeness (QED) is 0.916. The smallest absolute Gasteiger partial charge is 0.124 e. The molecule has 2 unspecified atom stereocenters.